The lowest BCUT2D eigenvalue weighted by Gasteiger charge is -2.03. The van der Waals surface area contributed by atoms with E-state index in [1.807, 2.05) is 24.3 Å². The van der Waals surface area contributed by atoms with Crippen molar-refractivity contribution in [1.29, 1.82) is 0 Å². The minimum Gasteiger partial charge on any atom is -0.397 e. The monoisotopic (exact) mass is 298 g/mol. The average molecular weight is 298 g/mol. The Kier molecular flexibility index (Phi) is 3.79. The van der Waals surface area contributed by atoms with E-state index in [0.29, 0.717) is 17.9 Å². The number of anilines is 1. The number of carbonyl (C=O) groups excluding carboxylic acids is 1. The highest BCUT2D eigenvalue weighted by atomic mass is 32.1. The third kappa shape index (κ3) is 3.35. The van der Waals surface area contributed by atoms with Gasteiger partial charge < -0.3 is 11.1 Å². The van der Waals surface area contributed by atoms with Crippen LogP contribution < -0.4 is 11.1 Å². The number of thiazole rings is 1. The van der Waals surface area contributed by atoms with Crippen molar-refractivity contribution in [3.63, 3.8) is 0 Å². The molecule has 1 amide bonds. The van der Waals surface area contributed by atoms with Crippen LogP contribution in [0.1, 0.15) is 10.7 Å². The summed E-state index contributed by atoms with van der Waals surface area (Å²) in [4.78, 5) is 20.5. The van der Waals surface area contributed by atoms with Gasteiger partial charge in [-0.15, -0.1) is 11.3 Å². The molecule has 2 heterocycles. The zero-order chi connectivity index (χ0) is 14.7. The third-order valence-electron chi connectivity index (χ3n) is 2.96. The summed E-state index contributed by atoms with van der Waals surface area (Å²) in [6.07, 6.45) is 1.79. The van der Waals surface area contributed by atoms with Crippen LogP contribution in [0.4, 0.5) is 5.69 Å². The molecule has 0 radical (unpaired) electrons. The molecule has 0 saturated heterocycles. The second kappa shape index (κ2) is 5.88. The van der Waals surface area contributed by atoms with Crippen LogP contribution in [0.25, 0.3) is 10.2 Å². The predicted octanol–water partition coefficient (Wildman–Crippen LogP) is 2.13. The van der Waals surface area contributed by atoms with E-state index in [-0.39, 0.29) is 12.3 Å². The molecule has 3 aromatic rings. The van der Waals surface area contributed by atoms with Gasteiger partial charge >= 0.3 is 0 Å². The fourth-order valence-electron chi connectivity index (χ4n) is 1.94. The predicted molar refractivity (Wildman–Crippen MR) is 83.8 cm³/mol. The quantitative estimate of drug-likeness (QED) is 0.773. The van der Waals surface area contributed by atoms with Crippen LogP contribution in [0, 0.1) is 0 Å². The van der Waals surface area contributed by atoms with E-state index in [1.165, 1.54) is 0 Å². The minimum absolute atomic E-state index is 0.0773. The summed E-state index contributed by atoms with van der Waals surface area (Å²) < 4.78 is 1.13. The lowest BCUT2D eigenvalue weighted by atomic mass is 10.2. The highest BCUT2D eigenvalue weighted by Crippen LogP contribution is 2.21. The van der Waals surface area contributed by atoms with Gasteiger partial charge in [-0.2, -0.15) is 0 Å². The average Bonchev–Trinajstić information content (AvgIpc) is 2.90. The zero-order valence-corrected chi connectivity index (χ0v) is 12.1. The molecule has 0 aliphatic heterocycles. The van der Waals surface area contributed by atoms with Crippen LogP contribution in [-0.2, 0) is 17.8 Å². The molecule has 0 unspecified atom stereocenters. The first-order valence-electron chi connectivity index (χ1n) is 6.52. The molecule has 0 atom stereocenters. The van der Waals surface area contributed by atoms with Gasteiger partial charge in [0, 0.05) is 5.69 Å². The van der Waals surface area contributed by atoms with Crippen molar-refractivity contribution in [2.75, 3.05) is 5.73 Å². The van der Waals surface area contributed by atoms with Gasteiger partial charge in [-0.3, -0.25) is 9.78 Å². The summed E-state index contributed by atoms with van der Waals surface area (Å²) in [7, 11) is 0. The number of nitrogens with zero attached hydrogens (tertiary/aromatic N) is 2. The van der Waals surface area contributed by atoms with Crippen LogP contribution in [0.2, 0.25) is 0 Å². The van der Waals surface area contributed by atoms with Crippen molar-refractivity contribution in [2.45, 2.75) is 13.0 Å². The summed E-state index contributed by atoms with van der Waals surface area (Å²) >= 11 is 1.59. The Bertz CT molecular complexity index is 734. The Morgan fingerprint density at radius 2 is 2.10 bits per heavy atom. The van der Waals surface area contributed by atoms with Crippen LogP contribution in [-0.4, -0.2) is 15.9 Å². The fourth-order valence-corrected chi connectivity index (χ4v) is 2.84. The van der Waals surface area contributed by atoms with Crippen molar-refractivity contribution in [3.8, 4) is 0 Å². The van der Waals surface area contributed by atoms with E-state index >= 15 is 0 Å². The fraction of sp³-hybridized carbons (Fsp3) is 0.133. The Labute approximate surface area is 125 Å². The molecule has 6 heteroatoms. The summed E-state index contributed by atoms with van der Waals surface area (Å²) in [5, 5.41) is 3.76. The van der Waals surface area contributed by atoms with Gasteiger partial charge in [0.2, 0.25) is 5.91 Å². The molecule has 3 N–H and O–H groups in total. The molecule has 0 fully saturated rings. The molecular weight excluding hydrogens is 284 g/mol. The molecule has 5 nitrogen and oxygen atoms in total. The number of amides is 1. The molecule has 0 saturated carbocycles. The number of carbonyl (C=O) groups is 1. The number of rotatable bonds is 4. The molecule has 21 heavy (non-hydrogen) atoms. The van der Waals surface area contributed by atoms with Gasteiger partial charge in [-0.1, -0.05) is 12.1 Å². The van der Waals surface area contributed by atoms with Gasteiger partial charge in [0.25, 0.3) is 0 Å². The second-order valence-corrected chi connectivity index (χ2v) is 5.73. The normalized spacial score (nSPS) is 10.7. The number of nitrogen functional groups attached to an aromatic ring is 1. The first kappa shape index (κ1) is 13.5. The van der Waals surface area contributed by atoms with Crippen molar-refractivity contribution in [2.24, 2.45) is 0 Å². The topological polar surface area (TPSA) is 80.9 Å². The smallest absolute Gasteiger partial charge is 0.226 e. The second-order valence-electron chi connectivity index (χ2n) is 4.61. The van der Waals surface area contributed by atoms with Gasteiger partial charge in [-0.25, -0.2) is 4.98 Å². The number of nitrogens with two attached hydrogens (primary N) is 1. The van der Waals surface area contributed by atoms with E-state index in [2.05, 4.69) is 15.3 Å². The molecular formula is C15H14N4OS. The number of benzene rings is 1. The molecule has 0 spiro atoms. The number of pyridine rings is 1. The Morgan fingerprint density at radius 3 is 2.86 bits per heavy atom. The first-order valence-corrected chi connectivity index (χ1v) is 7.34. The standard InChI is InChI=1S/C15H14N4OS/c16-10-5-6-11(17-8-10)7-14(20)18-9-15-19-12-3-1-2-4-13(12)21-15/h1-6,8H,7,9,16H2,(H,18,20). The summed E-state index contributed by atoms with van der Waals surface area (Å²) in [6, 6.07) is 11.4. The lowest BCUT2D eigenvalue weighted by molar-refractivity contribution is -0.120. The maximum atomic E-state index is 11.9. The number of aromatic nitrogens is 2. The number of nitrogens with one attached hydrogen (secondary N) is 1. The highest BCUT2D eigenvalue weighted by Gasteiger charge is 2.07. The minimum atomic E-state index is -0.0773. The Balaban J connectivity index is 1.59. The third-order valence-corrected chi connectivity index (χ3v) is 4.00. The number of para-hydroxylation sites is 1. The van der Waals surface area contributed by atoms with Crippen molar-refractivity contribution >= 4 is 33.1 Å². The van der Waals surface area contributed by atoms with Crippen molar-refractivity contribution in [3.05, 3.63) is 53.3 Å². The van der Waals surface area contributed by atoms with Crippen LogP contribution in [0.15, 0.2) is 42.6 Å². The number of hydrogen-bond acceptors (Lipinski definition) is 5. The maximum absolute atomic E-state index is 11.9. The zero-order valence-electron chi connectivity index (χ0n) is 11.2. The first-order chi connectivity index (χ1) is 10.2. The summed E-state index contributed by atoms with van der Waals surface area (Å²) in [6.45, 7) is 0.438. The van der Waals surface area contributed by atoms with E-state index in [9.17, 15) is 4.79 Å². The lowest BCUT2D eigenvalue weighted by Crippen LogP contribution is -2.24. The Hall–Kier alpha value is -2.47. The number of fused-ring (bicyclic) bond motifs is 1. The van der Waals surface area contributed by atoms with Crippen molar-refractivity contribution in [1.82, 2.24) is 15.3 Å². The van der Waals surface area contributed by atoms with E-state index in [1.54, 1.807) is 29.7 Å². The molecule has 1 aromatic carbocycles. The van der Waals surface area contributed by atoms with Gasteiger partial charge in [0.05, 0.1) is 35.1 Å². The molecule has 0 aliphatic carbocycles. The molecule has 0 bridgehead atoms. The van der Waals surface area contributed by atoms with Crippen LogP contribution in [0.3, 0.4) is 0 Å². The van der Waals surface area contributed by atoms with Gasteiger partial charge in [-0.05, 0) is 24.3 Å². The van der Waals surface area contributed by atoms with E-state index < -0.39 is 0 Å². The van der Waals surface area contributed by atoms with Crippen molar-refractivity contribution < 1.29 is 4.79 Å². The van der Waals surface area contributed by atoms with Gasteiger partial charge in [0.15, 0.2) is 0 Å². The largest absolute Gasteiger partial charge is 0.397 e. The molecule has 106 valence electrons. The molecule has 3 rings (SSSR count). The number of hydrogen-bond donors (Lipinski definition) is 2. The van der Waals surface area contributed by atoms with Gasteiger partial charge in [0.1, 0.15) is 5.01 Å². The Morgan fingerprint density at radius 1 is 1.24 bits per heavy atom. The SMILES string of the molecule is Nc1ccc(CC(=O)NCc2nc3ccccc3s2)nc1. The van der Waals surface area contributed by atoms with Crippen LogP contribution >= 0.6 is 11.3 Å². The molecule has 2 aromatic heterocycles. The highest BCUT2D eigenvalue weighted by molar-refractivity contribution is 7.18. The molecule has 0 aliphatic rings. The maximum Gasteiger partial charge on any atom is 0.226 e. The van der Waals surface area contributed by atoms with E-state index in [4.69, 9.17) is 5.73 Å². The summed E-state index contributed by atoms with van der Waals surface area (Å²) in [5.74, 6) is -0.0773. The van der Waals surface area contributed by atoms with E-state index in [0.717, 1.165) is 15.2 Å². The van der Waals surface area contributed by atoms with Crippen LogP contribution in [0.5, 0.6) is 0 Å². The summed E-state index contributed by atoms with van der Waals surface area (Å²) in [5.41, 5.74) is 7.82.